The Bertz CT molecular complexity index is 335. The Balaban J connectivity index is 2.82. The van der Waals surface area contributed by atoms with Gasteiger partial charge in [0.1, 0.15) is 0 Å². The van der Waals surface area contributed by atoms with Crippen molar-refractivity contribution in [3.05, 3.63) is 34.9 Å². The molecule has 1 aromatic carbocycles. The van der Waals surface area contributed by atoms with E-state index in [1.807, 2.05) is 38.1 Å². The summed E-state index contributed by atoms with van der Waals surface area (Å²) in [4.78, 5) is 0. The Hall–Kier alpha value is -1.04. The third-order valence-corrected chi connectivity index (χ3v) is 2.43. The van der Waals surface area contributed by atoms with E-state index in [1.165, 1.54) is 0 Å². The molecule has 0 aliphatic carbocycles. The SMILES string of the molecule is CC(C)(NCC#N)c1ccc(Cl)cc1. The molecule has 2 nitrogen and oxygen atoms in total. The molecule has 0 aliphatic rings. The van der Waals surface area contributed by atoms with Crippen LogP contribution in [0.2, 0.25) is 5.02 Å². The monoisotopic (exact) mass is 208 g/mol. The van der Waals surface area contributed by atoms with Crippen molar-refractivity contribution in [2.45, 2.75) is 19.4 Å². The molecular formula is C11H13ClN2. The lowest BCUT2D eigenvalue weighted by molar-refractivity contribution is 0.427. The van der Waals surface area contributed by atoms with E-state index >= 15 is 0 Å². The van der Waals surface area contributed by atoms with Gasteiger partial charge in [0.05, 0.1) is 12.6 Å². The first kappa shape index (κ1) is 11.0. The Kier molecular flexibility index (Phi) is 3.51. The van der Waals surface area contributed by atoms with Gasteiger partial charge in [0.15, 0.2) is 0 Å². The minimum Gasteiger partial charge on any atom is -0.295 e. The van der Waals surface area contributed by atoms with E-state index in [0.717, 1.165) is 10.6 Å². The van der Waals surface area contributed by atoms with Gasteiger partial charge in [-0.05, 0) is 31.5 Å². The van der Waals surface area contributed by atoms with Gasteiger partial charge in [0.2, 0.25) is 0 Å². The van der Waals surface area contributed by atoms with Crippen LogP contribution in [0, 0.1) is 11.3 Å². The maximum Gasteiger partial charge on any atom is 0.0847 e. The summed E-state index contributed by atoms with van der Waals surface area (Å²) in [5.74, 6) is 0. The zero-order valence-corrected chi connectivity index (χ0v) is 9.10. The number of nitrogens with zero attached hydrogens (tertiary/aromatic N) is 1. The molecule has 0 aromatic heterocycles. The average Bonchev–Trinajstić information content (AvgIpc) is 2.16. The molecule has 14 heavy (non-hydrogen) atoms. The van der Waals surface area contributed by atoms with Crippen LogP contribution in [0.1, 0.15) is 19.4 Å². The number of hydrogen-bond donors (Lipinski definition) is 1. The van der Waals surface area contributed by atoms with Gasteiger partial charge >= 0.3 is 0 Å². The topological polar surface area (TPSA) is 35.8 Å². The fourth-order valence-corrected chi connectivity index (χ4v) is 1.36. The van der Waals surface area contributed by atoms with E-state index in [0.29, 0.717) is 6.54 Å². The Morgan fingerprint density at radius 2 is 1.93 bits per heavy atom. The van der Waals surface area contributed by atoms with Crippen molar-refractivity contribution < 1.29 is 0 Å². The maximum absolute atomic E-state index is 8.49. The fraction of sp³-hybridized carbons (Fsp3) is 0.364. The first-order valence-corrected chi connectivity index (χ1v) is 4.82. The van der Waals surface area contributed by atoms with Crippen LogP contribution in [0.5, 0.6) is 0 Å². The first-order chi connectivity index (χ1) is 6.56. The molecule has 1 aromatic rings. The molecular weight excluding hydrogens is 196 g/mol. The van der Waals surface area contributed by atoms with E-state index in [-0.39, 0.29) is 5.54 Å². The lowest BCUT2D eigenvalue weighted by atomic mass is 9.94. The minimum atomic E-state index is -0.194. The number of rotatable bonds is 3. The van der Waals surface area contributed by atoms with Gasteiger partial charge in [-0.25, -0.2) is 0 Å². The van der Waals surface area contributed by atoms with Crippen molar-refractivity contribution in [2.24, 2.45) is 0 Å². The van der Waals surface area contributed by atoms with Crippen LogP contribution in [0.25, 0.3) is 0 Å². The van der Waals surface area contributed by atoms with Gasteiger partial charge in [-0.1, -0.05) is 23.7 Å². The van der Waals surface area contributed by atoms with Crippen molar-refractivity contribution in [3.63, 3.8) is 0 Å². The van der Waals surface area contributed by atoms with Gasteiger partial charge in [0, 0.05) is 10.6 Å². The molecule has 1 N–H and O–H groups in total. The van der Waals surface area contributed by atoms with Crippen molar-refractivity contribution >= 4 is 11.6 Å². The largest absolute Gasteiger partial charge is 0.295 e. The molecule has 0 heterocycles. The third kappa shape index (κ3) is 2.73. The van der Waals surface area contributed by atoms with Gasteiger partial charge in [-0.3, -0.25) is 5.32 Å². The number of hydrogen-bond acceptors (Lipinski definition) is 2. The third-order valence-electron chi connectivity index (χ3n) is 2.18. The summed E-state index contributed by atoms with van der Waals surface area (Å²) >= 11 is 5.79. The van der Waals surface area contributed by atoms with Crippen LogP contribution >= 0.6 is 11.6 Å². The molecule has 0 saturated carbocycles. The van der Waals surface area contributed by atoms with E-state index in [1.54, 1.807) is 0 Å². The van der Waals surface area contributed by atoms with Crippen LogP contribution in [0.4, 0.5) is 0 Å². The highest BCUT2D eigenvalue weighted by molar-refractivity contribution is 6.30. The summed E-state index contributed by atoms with van der Waals surface area (Å²) in [6.45, 7) is 4.41. The van der Waals surface area contributed by atoms with Crippen LogP contribution in [0.15, 0.2) is 24.3 Å². The van der Waals surface area contributed by atoms with Crippen molar-refractivity contribution in [2.75, 3.05) is 6.54 Å². The molecule has 0 fully saturated rings. The molecule has 74 valence electrons. The van der Waals surface area contributed by atoms with E-state index in [2.05, 4.69) is 11.4 Å². The number of nitrogens with one attached hydrogen (secondary N) is 1. The van der Waals surface area contributed by atoms with E-state index in [4.69, 9.17) is 16.9 Å². The van der Waals surface area contributed by atoms with Crippen LogP contribution in [-0.2, 0) is 5.54 Å². The van der Waals surface area contributed by atoms with Crippen LogP contribution < -0.4 is 5.32 Å². The van der Waals surface area contributed by atoms with Crippen molar-refractivity contribution in [1.29, 1.82) is 5.26 Å². The lowest BCUT2D eigenvalue weighted by Crippen LogP contribution is -2.36. The second kappa shape index (κ2) is 4.45. The highest BCUT2D eigenvalue weighted by Crippen LogP contribution is 2.21. The molecule has 0 radical (unpaired) electrons. The average molecular weight is 209 g/mol. The highest BCUT2D eigenvalue weighted by atomic mass is 35.5. The molecule has 3 heteroatoms. The zero-order valence-electron chi connectivity index (χ0n) is 8.34. The number of benzene rings is 1. The maximum atomic E-state index is 8.49. The molecule has 0 aliphatic heterocycles. The highest BCUT2D eigenvalue weighted by Gasteiger charge is 2.18. The van der Waals surface area contributed by atoms with Crippen molar-refractivity contribution in [3.8, 4) is 6.07 Å². The van der Waals surface area contributed by atoms with Crippen LogP contribution in [-0.4, -0.2) is 6.54 Å². The van der Waals surface area contributed by atoms with Gasteiger partial charge in [-0.2, -0.15) is 5.26 Å². The second-order valence-corrected chi connectivity index (χ2v) is 4.08. The van der Waals surface area contributed by atoms with Gasteiger partial charge < -0.3 is 0 Å². The van der Waals surface area contributed by atoms with Gasteiger partial charge in [-0.15, -0.1) is 0 Å². The summed E-state index contributed by atoms with van der Waals surface area (Å²) in [5.41, 5.74) is 0.928. The number of nitriles is 1. The molecule has 0 atom stereocenters. The summed E-state index contributed by atoms with van der Waals surface area (Å²) in [6.07, 6.45) is 0. The Morgan fingerprint density at radius 1 is 1.36 bits per heavy atom. The zero-order chi connectivity index (χ0) is 10.6. The molecule has 0 unspecified atom stereocenters. The van der Waals surface area contributed by atoms with E-state index in [9.17, 15) is 0 Å². The Labute approximate surface area is 89.5 Å². The Morgan fingerprint density at radius 3 is 2.43 bits per heavy atom. The molecule has 0 saturated heterocycles. The second-order valence-electron chi connectivity index (χ2n) is 3.64. The standard InChI is InChI=1S/C11H13ClN2/c1-11(2,14-8-7-13)9-3-5-10(12)6-4-9/h3-6,14H,8H2,1-2H3. The summed E-state index contributed by atoms with van der Waals surface area (Å²) in [6, 6.07) is 9.71. The van der Waals surface area contributed by atoms with Crippen LogP contribution in [0.3, 0.4) is 0 Å². The predicted octanol–water partition coefficient (Wildman–Crippen LogP) is 2.69. The minimum absolute atomic E-state index is 0.194. The lowest BCUT2D eigenvalue weighted by Gasteiger charge is -2.25. The normalized spacial score (nSPS) is 11.0. The molecule has 1 rings (SSSR count). The molecule has 0 amide bonds. The summed E-state index contributed by atoms with van der Waals surface area (Å²) in [7, 11) is 0. The van der Waals surface area contributed by atoms with Gasteiger partial charge in [0.25, 0.3) is 0 Å². The van der Waals surface area contributed by atoms with E-state index < -0.39 is 0 Å². The molecule has 0 bridgehead atoms. The predicted molar refractivity (Wildman–Crippen MR) is 58.1 cm³/mol. The quantitative estimate of drug-likeness (QED) is 0.776. The number of halogens is 1. The summed E-state index contributed by atoms with van der Waals surface area (Å²) in [5, 5.41) is 12.4. The first-order valence-electron chi connectivity index (χ1n) is 4.44. The fourth-order valence-electron chi connectivity index (χ4n) is 1.23. The van der Waals surface area contributed by atoms with Crippen molar-refractivity contribution in [1.82, 2.24) is 5.32 Å². The summed E-state index contributed by atoms with van der Waals surface area (Å²) < 4.78 is 0. The smallest absolute Gasteiger partial charge is 0.0847 e. The molecule has 0 spiro atoms.